The van der Waals surface area contributed by atoms with Gasteiger partial charge in [-0.25, -0.2) is 0 Å². The van der Waals surface area contributed by atoms with Crippen molar-refractivity contribution in [2.24, 2.45) is 0 Å². The lowest BCUT2D eigenvalue weighted by molar-refractivity contribution is 0.0588. The van der Waals surface area contributed by atoms with Crippen LogP contribution in [0.25, 0.3) is 0 Å². The Bertz CT molecular complexity index is 565. The number of nitrogens with one attached hydrogen (secondary N) is 1. The van der Waals surface area contributed by atoms with Crippen LogP contribution in [0.3, 0.4) is 0 Å². The molecule has 1 saturated heterocycles. The van der Waals surface area contributed by atoms with Crippen LogP contribution in [0.15, 0.2) is 6.07 Å². The summed E-state index contributed by atoms with van der Waals surface area (Å²) in [5.74, 6) is -0.195. The number of carbonyl (C=O) groups excluding carboxylic acids is 2. The number of amides is 2. The highest BCUT2D eigenvalue weighted by Gasteiger charge is 2.29. The molecule has 2 rings (SSSR count). The summed E-state index contributed by atoms with van der Waals surface area (Å²) in [6.45, 7) is 8.10. The molecule has 0 bridgehead atoms. The van der Waals surface area contributed by atoms with Crippen molar-refractivity contribution in [1.82, 2.24) is 20.0 Å². The molecule has 1 unspecified atom stereocenters. The largest absolute Gasteiger partial charge is 0.351 e. The predicted octanol–water partition coefficient (Wildman–Crippen LogP) is 2.84. The predicted molar refractivity (Wildman–Crippen MR) is 94.1 cm³/mol. The second kappa shape index (κ2) is 8.85. The second-order valence-electron chi connectivity index (χ2n) is 6.42. The van der Waals surface area contributed by atoms with Gasteiger partial charge < -0.3 is 10.2 Å². The van der Waals surface area contributed by atoms with Crippen molar-refractivity contribution in [3.8, 4) is 0 Å². The van der Waals surface area contributed by atoms with Crippen molar-refractivity contribution in [1.29, 1.82) is 0 Å². The average Bonchev–Trinajstić information content (AvgIpc) is 3.04. The highest BCUT2D eigenvalue weighted by atomic mass is 16.2. The van der Waals surface area contributed by atoms with Gasteiger partial charge in [0.25, 0.3) is 11.8 Å². The molecule has 1 aliphatic heterocycles. The van der Waals surface area contributed by atoms with Gasteiger partial charge in [0.15, 0.2) is 5.69 Å². The second-order valence-corrected chi connectivity index (χ2v) is 6.42. The van der Waals surface area contributed by atoms with Gasteiger partial charge in [0.05, 0.1) is 0 Å². The molecule has 0 saturated carbocycles. The molecule has 1 atom stereocenters. The Hall–Kier alpha value is -1.85. The number of aryl methyl sites for hydroxylation is 1. The minimum Gasteiger partial charge on any atom is -0.351 e. The average molecular weight is 334 g/mol. The molecule has 2 amide bonds. The fourth-order valence-electron chi connectivity index (χ4n) is 3.32. The maximum Gasteiger partial charge on any atom is 0.272 e. The van der Waals surface area contributed by atoms with E-state index in [1.54, 1.807) is 10.7 Å². The smallest absolute Gasteiger partial charge is 0.272 e. The van der Waals surface area contributed by atoms with E-state index in [9.17, 15) is 9.59 Å². The van der Waals surface area contributed by atoms with Crippen molar-refractivity contribution in [3.63, 3.8) is 0 Å². The Kier molecular flexibility index (Phi) is 6.82. The molecule has 1 N–H and O–H groups in total. The number of hydrogen-bond acceptors (Lipinski definition) is 3. The van der Waals surface area contributed by atoms with Gasteiger partial charge >= 0.3 is 0 Å². The van der Waals surface area contributed by atoms with E-state index >= 15 is 0 Å². The molecule has 2 heterocycles. The van der Waals surface area contributed by atoms with E-state index in [1.165, 1.54) is 6.42 Å². The molecule has 0 aromatic carbocycles. The highest BCUT2D eigenvalue weighted by Crippen LogP contribution is 2.23. The Labute approximate surface area is 144 Å². The monoisotopic (exact) mass is 334 g/mol. The Morgan fingerprint density at radius 3 is 2.71 bits per heavy atom. The molecule has 1 aromatic rings. The van der Waals surface area contributed by atoms with Crippen molar-refractivity contribution >= 4 is 11.8 Å². The topological polar surface area (TPSA) is 67.2 Å². The fraction of sp³-hybridized carbons (Fsp3) is 0.722. The number of nitrogens with zero attached hydrogens (tertiary/aromatic N) is 3. The van der Waals surface area contributed by atoms with Crippen LogP contribution < -0.4 is 5.32 Å². The summed E-state index contributed by atoms with van der Waals surface area (Å²) in [5.41, 5.74) is 0.861. The third-order valence-corrected chi connectivity index (χ3v) is 4.58. The van der Waals surface area contributed by atoms with E-state index in [1.807, 2.05) is 18.7 Å². The van der Waals surface area contributed by atoms with Gasteiger partial charge in [-0.15, -0.1) is 0 Å². The zero-order chi connectivity index (χ0) is 17.5. The summed E-state index contributed by atoms with van der Waals surface area (Å²) in [4.78, 5) is 27.2. The van der Waals surface area contributed by atoms with Gasteiger partial charge in [0.2, 0.25) is 0 Å². The van der Waals surface area contributed by atoms with Crippen molar-refractivity contribution in [2.45, 2.75) is 71.9 Å². The van der Waals surface area contributed by atoms with Crippen LogP contribution >= 0.6 is 0 Å². The Morgan fingerprint density at radius 2 is 2.04 bits per heavy atom. The number of likely N-dealkylation sites (tertiary alicyclic amines) is 1. The number of carbonyl (C=O) groups is 2. The molecule has 0 radical (unpaired) electrons. The first-order valence-electron chi connectivity index (χ1n) is 9.29. The first-order valence-corrected chi connectivity index (χ1v) is 9.29. The lowest BCUT2D eigenvalue weighted by Crippen LogP contribution is -2.44. The van der Waals surface area contributed by atoms with Crippen LogP contribution in [-0.4, -0.2) is 45.6 Å². The molecular weight excluding hydrogens is 304 g/mol. The van der Waals surface area contributed by atoms with Crippen LogP contribution in [0.5, 0.6) is 0 Å². The number of aromatic nitrogens is 2. The standard InChI is InChI=1S/C18H30N4O2/c1-4-9-14-10-7-8-12-21(14)18(24)16-13-15(20-22(16)6-3)17(23)19-11-5-2/h13-14H,4-12H2,1-3H3,(H,19,23). The third kappa shape index (κ3) is 4.16. The zero-order valence-corrected chi connectivity index (χ0v) is 15.2. The zero-order valence-electron chi connectivity index (χ0n) is 15.2. The van der Waals surface area contributed by atoms with E-state index < -0.39 is 0 Å². The Morgan fingerprint density at radius 1 is 1.25 bits per heavy atom. The molecule has 134 valence electrons. The van der Waals surface area contributed by atoms with E-state index in [4.69, 9.17) is 0 Å². The molecule has 6 nitrogen and oxygen atoms in total. The summed E-state index contributed by atoms with van der Waals surface area (Å²) in [6.07, 6.45) is 6.30. The van der Waals surface area contributed by atoms with E-state index in [0.29, 0.717) is 30.5 Å². The SMILES string of the molecule is CCCNC(=O)c1cc(C(=O)N2CCCCC2CCC)n(CC)n1. The lowest BCUT2D eigenvalue weighted by atomic mass is 9.98. The van der Waals surface area contributed by atoms with Crippen LogP contribution in [0.2, 0.25) is 0 Å². The molecule has 0 spiro atoms. The number of rotatable bonds is 7. The molecular formula is C18H30N4O2. The molecule has 1 fully saturated rings. The maximum atomic E-state index is 13.0. The maximum absolute atomic E-state index is 13.0. The van der Waals surface area contributed by atoms with Gasteiger partial charge in [-0.3, -0.25) is 14.3 Å². The Balaban J connectivity index is 2.21. The number of hydrogen-bond donors (Lipinski definition) is 1. The quantitative estimate of drug-likeness (QED) is 0.834. The van der Waals surface area contributed by atoms with Crippen molar-refractivity contribution in [3.05, 3.63) is 17.5 Å². The minimum absolute atomic E-state index is 0.0111. The summed E-state index contributed by atoms with van der Waals surface area (Å²) in [5, 5.41) is 7.15. The van der Waals surface area contributed by atoms with E-state index in [-0.39, 0.29) is 11.8 Å². The van der Waals surface area contributed by atoms with Gasteiger partial charge in [-0.1, -0.05) is 20.3 Å². The molecule has 6 heteroatoms. The van der Waals surface area contributed by atoms with Crippen LogP contribution in [0.1, 0.15) is 80.3 Å². The van der Waals surface area contributed by atoms with Crippen molar-refractivity contribution in [2.75, 3.05) is 13.1 Å². The van der Waals surface area contributed by atoms with Crippen molar-refractivity contribution < 1.29 is 9.59 Å². The van der Waals surface area contributed by atoms with Gasteiger partial charge in [0.1, 0.15) is 5.69 Å². The first-order chi connectivity index (χ1) is 11.6. The number of piperidine rings is 1. The van der Waals surface area contributed by atoms with E-state index in [0.717, 1.165) is 38.6 Å². The van der Waals surface area contributed by atoms with Gasteiger partial charge in [-0.05, 0) is 39.0 Å². The first kappa shape index (κ1) is 18.5. The summed E-state index contributed by atoms with van der Waals surface area (Å²) in [7, 11) is 0. The molecule has 0 aliphatic carbocycles. The van der Waals surface area contributed by atoms with Crippen LogP contribution in [-0.2, 0) is 6.54 Å². The van der Waals surface area contributed by atoms with Crippen LogP contribution in [0.4, 0.5) is 0 Å². The summed E-state index contributed by atoms with van der Waals surface area (Å²) < 4.78 is 1.65. The fourth-order valence-corrected chi connectivity index (χ4v) is 3.32. The summed E-state index contributed by atoms with van der Waals surface area (Å²) in [6, 6.07) is 1.96. The normalized spacial score (nSPS) is 17.8. The molecule has 1 aliphatic rings. The minimum atomic E-state index is -0.207. The third-order valence-electron chi connectivity index (χ3n) is 4.58. The summed E-state index contributed by atoms with van der Waals surface area (Å²) >= 11 is 0. The van der Waals surface area contributed by atoms with E-state index in [2.05, 4.69) is 17.3 Å². The van der Waals surface area contributed by atoms with Gasteiger partial charge in [-0.2, -0.15) is 5.10 Å². The molecule has 24 heavy (non-hydrogen) atoms. The van der Waals surface area contributed by atoms with Gasteiger partial charge in [0, 0.05) is 31.7 Å². The highest BCUT2D eigenvalue weighted by molar-refractivity contribution is 5.98. The molecule has 1 aromatic heterocycles. The lowest BCUT2D eigenvalue weighted by Gasteiger charge is -2.35. The van der Waals surface area contributed by atoms with Crippen LogP contribution in [0, 0.1) is 0 Å².